The Balaban J connectivity index is 1.28. The highest BCUT2D eigenvalue weighted by Gasteiger charge is 2.33. The third-order valence-corrected chi connectivity index (χ3v) is 7.25. The molecule has 0 spiro atoms. The number of fused-ring (bicyclic) bond motifs is 2. The van der Waals surface area contributed by atoms with Gasteiger partial charge in [-0.3, -0.25) is 9.78 Å². The lowest BCUT2D eigenvalue weighted by Crippen LogP contribution is -2.52. The number of carbonyl (C=O) groups excluding carboxylic acids is 1. The van der Waals surface area contributed by atoms with Gasteiger partial charge in [-0.2, -0.15) is 0 Å². The first-order valence-electron chi connectivity index (χ1n) is 12.5. The molecule has 3 N–H and O–H groups in total. The van der Waals surface area contributed by atoms with Gasteiger partial charge >= 0.3 is 0 Å². The molecule has 1 amide bonds. The molecule has 2 aliphatic rings. The van der Waals surface area contributed by atoms with Crippen LogP contribution in [-0.4, -0.2) is 57.0 Å². The number of hydrogen-bond donors (Lipinski definition) is 3. The molecule has 1 atom stereocenters. The number of carbonyl (C=O) groups is 1. The van der Waals surface area contributed by atoms with Gasteiger partial charge in [-0.15, -0.1) is 0 Å². The van der Waals surface area contributed by atoms with Crippen LogP contribution in [0.15, 0.2) is 55.0 Å². The number of benzene rings is 1. The van der Waals surface area contributed by atoms with Crippen molar-refractivity contribution in [3.8, 4) is 11.3 Å². The molecule has 37 heavy (non-hydrogen) atoms. The fraction of sp³-hybridized carbons (Fsp3) is 0.321. The number of aliphatic hydroxyl groups is 1. The molecule has 3 aromatic heterocycles. The van der Waals surface area contributed by atoms with Crippen molar-refractivity contribution >= 4 is 34.0 Å². The number of amides is 1. The first-order chi connectivity index (χ1) is 17.8. The van der Waals surface area contributed by atoms with Gasteiger partial charge in [-0.25, -0.2) is 4.98 Å². The fourth-order valence-electron chi connectivity index (χ4n) is 5.17. The van der Waals surface area contributed by atoms with E-state index in [1.54, 1.807) is 26.2 Å². The smallest absolute Gasteiger partial charge is 0.254 e. The summed E-state index contributed by atoms with van der Waals surface area (Å²) in [5, 5.41) is 17.7. The third kappa shape index (κ3) is 4.20. The summed E-state index contributed by atoms with van der Waals surface area (Å²) in [6, 6.07) is 12.1. The van der Waals surface area contributed by atoms with Gasteiger partial charge in [0.25, 0.3) is 5.91 Å². The molecule has 1 saturated heterocycles. The summed E-state index contributed by atoms with van der Waals surface area (Å²) in [6.45, 7) is 5.83. The van der Waals surface area contributed by atoms with E-state index >= 15 is 0 Å². The maximum absolute atomic E-state index is 12.9. The molecule has 2 aliphatic heterocycles. The molecule has 0 saturated carbocycles. The van der Waals surface area contributed by atoms with E-state index in [0.717, 1.165) is 40.0 Å². The summed E-state index contributed by atoms with van der Waals surface area (Å²) in [6.07, 6.45) is 5.27. The van der Waals surface area contributed by atoms with Crippen LogP contribution in [0, 0.1) is 0 Å². The minimum atomic E-state index is -0.917. The van der Waals surface area contributed by atoms with E-state index < -0.39 is 5.60 Å². The number of pyridine rings is 2. The van der Waals surface area contributed by atoms with Crippen LogP contribution in [0.25, 0.3) is 22.2 Å². The lowest BCUT2D eigenvalue weighted by molar-refractivity contribution is -0.0928. The summed E-state index contributed by atoms with van der Waals surface area (Å²) in [5.74, 6) is 0.502. The number of rotatable bonds is 5. The summed E-state index contributed by atoms with van der Waals surface area (Å²) in [4.78, 5) is 24.4. The Labute approximate surface area is 215 Å². The SMILES string of the molecule is Cn1ccc2c(-c3ncc(Nc4ccc(N5CCO[C@H](C(C)(C)O)C5)cn4)c4c3CNC4=O)cccc21. The van der Waals surface area contributed by atoms with E-state index in [2.05, 4.69) is 43.3 Å². The molecule has 0 aliphatic carbocycles. The molecule has 0 radical (unpaired) electrons. The average Bonchev–Trinajstić information content (AvgIpc) is 3.47. The van der Waals surface area contributed by atoms with Crippen LogP contribution >= 0.6 is 0 Å². The van der Waals surface area contributed by atoms with Crippen LogP contribution < -0.4 is 15.5 Å². The van der Waals surface area contributed by atoms with Crippen molar-refractivity contribution in [1.82, 2.24) is 19.9 Å². The summed E-state index contributed by atoms with van der Waals surface area (Å²) in [7, 11) is 2.02. The number of aromatic nitrogens is 3. The predicted molar refractivity (Wildman–Crippen MR) is 143 cm³/mol. The van der Waals surface area contributed by atoms with Gasteiger partial charge in [-0.05, 0) is 38.1 Å². The fourth-order valence-corrected chi connectivity index (χ4v) is 5.17. The number of morpholine rings is 1. The van der Waals surface area contributed by atoms with Gasteiger partial charge < -0.3 is 29.9 Å². The topological polar surface area (TPSA) is 105 Å². The molecule has 9 heteroatoms. The Morgan fingerprint density at radius 3 is 2.81 bits per heavy atom. The maximum atomic E-state index is 12.9. The molecule has 0 unspecified atom stereocenters. The van der Waals surface area contributed by atoms with Crippen molar-refractivity contribution in [2.24, 2.45) is 7.05 Å². The van der Waals surface area contributed by atoms with E-state index in [-0.39, 0.29) is 12.0 Å². The summed E-state index contributed by atoms with van der Waals surface area (Å²) >= 11 is 0. The number of aryl methyl sites for hydroxylation is 1. The molecule has 1 aromatic carbocycles. The van der Waals surface area contributed by atoms with Crippen LogP contribution in [0.5, 0.6) is 0 Å². The largest absolute Gasteiger partial charge is 0.388 e. The molecular formula is C28H30N6O3. The zero-order valence-corrected chi connectivity index (χ0v) is 21.2. The molecule has 5 heterocycles. The van der Waals surface area contributed by atoms with Crippen molar-refractivity contribution < 1.29 is 14.6 Å². The minimum Gasteiger partial charge on any atom is -0.388 e. The van der Waals surface area contributed by atoms with E-state index in [1.807, 2.05) is 31.4 Å². The molecular weight excluding hydrogens is 468 g/mol. The highest BCUT2D eigenvalue weighted by molar-refractivity contribution is 6.07. The minimum absolute atomic E-state index is 0.121. The van der Waals surface area contributed by atoms with Crippen molar-refractivity contribution in [2.75, 3.05) is 29.9 Å². The molecule has 190 valence electrons. The van der Waals surface area contributed by atoms with Crippen molar-refractivity contribution in [3.05, 3.63) is 66.1 Å². The second kappa shape index (κ2) is 8.86. The Morgan fingerprint density at radius 1 is 1.16 bits per heavy atom. The molecule has 1 fully saturated rings. The van der Waals surface area contributed by atoms with Crippen LogP contribution in [0.3, 0.4) is 0 Å². The molecule has 6 rings (SSSR count). The summed E-state index contributed by atoms with van der Waals surface area (Å²) in [5.41, 5.74) is 5.09. The van der Waals surface area contributed by atoms with Gasteiger partial charge in [0.05, 0.1) is 47.2 Å². The Hall–Kier alpha value is -3.95. The molecule has 9 nitrogen and oxygen atoms in total. The standard InChI is InChI=1S/C28H30N6O3/c1-28(2,36)23-16-34(11-12-37-23)17-7-8-24(29-13-17)32-21-15-30-26(20-14-31-27(35)25(20)21)19-5-4-6-22-18(19)9-10-33(22)3/h4-10,13,15,23,36H,11-12,14,16H2,1-3H3,(H,29,32)(H,31,35)/t23-/m0/s1. The Kier molecular flexibility index (Phi) is 5.62. The molecule has 4 aromatic rings. The first-order valence-corrected chi connectivity index (χ1v) is 12.5. The lowest BCUT2D eigenvalue weighted by Gasteiger charge is -2.39. The average molecular weight is 499 g/mol. The van der Waals surface area contributed by atoms with Crippen LogP contribution in [-0.2, 0) is 18.3 Å². The van der Waals surface area contributed by atoms with Crippen molar-refractivity contribution in [3.63, 3.8) is 0 Å². The van der Waals surface area contributed by atoms with Crippen LogP contribution in [0.1, 0.15) is 29.8 Å². The number of nitrogens with one attached hydrogen (secondary N) is 2. The zero-order chi connectivity index (χ0) is 25.7. The third-order valence-electron chi connectivity index (χ3n) is 7.25. The van der Waals surface area contributed by atoms with E-state index in [1.165, 1.54) is 0 Å². The van der Waals surface area contributed by atoms with Gasteiger partial charge in [0.2, 0.25) is 0 Å². The Morgan fingerprint density at radius 2 is 2.03 bits per heavy atom. The monoisotopic (exact) mass is 498 g/mol. The van der Waals surface area contributed by atoms with Crippen molar-refractivity contribution in [2.45, 2.75) is 32.1 Å². The quantitative estimate of drug-likeness (QED) is 0.386. The molecule has 0 bridgehead atoms. The number of anilines is 3. The Bertz CT molecular complexity index is 1490. The first kappa shape index (κ1) is 23.4. The van der Waals surface area contributed by atoms with Crippen molar-refractivity contribution in [1.29, 1.82) is 0 Å². The number of hydrogen-bond acceptors (Lipinski definition) is 7. The lowest BCUT2D eigenvalue weighted by atomic mass is 9.99. The maximum Gasteiger partial charge on any atom is 0.254 e. The van der Waals surface area contributed by atoms with E-state index in [0.29, 0.717) is 36.8 Å². The normalized spacial score (nSPS) is 17.7. The van der Waals surface area contributed by atoms with Crippen LogP contribution in [0.2, 0.25) is 0 Å². The van der Waals surface area contributed by atoms with Gasteiger partial charge in [0.15, 0.2) is 0 Å². The van der Waals surface area contributed by atoms with Gasteiger partial charge in [0.1, 0.15) is 11.9 Å². The number of nitrogens with zero attached hydrogens (tertiary/aromatic N) is 4. The van der Waals surface area contributed by atoms with Gasteiger partial charge in [-0.1, -0.05) is 12.1 Å². The second-order valence-corrected chi connectivity index (χ2v) is 10.2. The summed E-state index contributed by atoms with van der Waals surface area (Å²) < 4.78 is 7.82. The highest BCUT2D eigenvalue weighted by atomic mass is 16.5. The zero-order valence-electron chi connectivity index (χ0n) is 21.2. The predicted octanol–water partition coefficient (Wildman–Crippen LogP) is 3.60. The van der Waals surface area contributed by atoms with E-state index in [9.17, 15) is 9.90 Å². The van der Waals surface area contributed by atoms with Gasteiger partial charge in [0, 0.05) is 54.9 Å². The van der Waals surface area contributed by atoms with Crippen LogP contribution in [0.4, 0.5) is 17.2 Å². The second-order valence-electron chi connectivity index (χ2n) is 10.2. The number of ether oxygens (including phenoxy) is 1. The highest BCUT2D eigenvalue weighted by Crippen LogP contribution is 2.36. The van der Waals surface area contributed by atoms with E-state index in [4.69, 9.17) is 9.72 Å².